The summed E-state index contributed by atoms with van der Waals surface area (Å²) in [7, 11) is 3.74. The van der Waals surface area contributed by atoms with E-state index >= 15 is 0 Å². The highest BCUT2D eigenvalue weighted by molar-refractivity contribution is 6.20. The zero-order valence-corrected chi connectivity index (χ0v) is 8.17. The molecule has 0 rings (SSSR count). The fourth-order valence-electron chi connectivity index (χ4n) is 0.574. The van der Waals surface area contributed by atoms with Gasteiger partial charge in [0, 0.05) is 12.5 Å². The fraction of sp³-hybridized carbons (Fsp3) is 0.625. The van der Waals surface area contributed by atoms with Crippen molar-refractivity contribution in [3.8, 4) is 0 Å². The minimum Gasteiger partial charge on any atom is -0.462 e. The van der Waals surface area contributed by atoms with Gasteiger partial charge >= 0.3 is 5.97 Å². The number of halogens is 1. The first-order chi connectivity index (χ1) is 5.57. The Bertz CT molecular complexity index is 159. The molecule has 1 atom stereocenters. The van der Waals surface area contributed by atoms with Crippen molar-refractivity contribution in [2.45, 2.75) is 11.9 Å². The summed E-state index contributed by atoms with van der Waals surface area (Å²) in [4.78, 5) is 12.4. The molecule has 1 unspecified atom stereocenters. The van der Waals surface area contributed by atoms with E-state index in [1.165, 1.54) is 0 Å². The van der Waals surface area contributed by atoms with Crippen molar-refractivity contribution < 1.29 is 9.53 Å². The Morgan fingerprint density at radius 3 is 2.75 bits per heavy atom. The van der Waals surface area contributed by atoms with Gasteiger partial charge in [-0.3, -0.25) is 4.90 Å². The number of alkyl halides is 1. The molecule has 0 bridgehead atoms. The van der Waals surface area contributed by atoms with Gasteiger partial charge in [-0.25, -0.2) is 4.79 Å². The number of hydrogen-bond acceptors (Lipinski definition) is 3. The molecule has 0 aliphatic heterocycles. The maximum absolute atomic E-state index is 10.6. The molecule has 0 heterocycles. The van der Waals surface area contributed by atoms with Crippen molar-refractivity contribution in [2.24, 2.45) is 0 Å². The molecule has 0 aromatic heterocycles. The zero-order chi connectivity index (χ0) is 9.56. The van der Waals surface area contributed by atoms with Gasteiger partial charge in [0.05, 0.1) is 12.1 Å². The Morgan fingerprint density at radius 1 is 1.75 bits per heavy atom. The lowest BCUT2D eigenvalue weighted by Gasteiger charge is -2.16. The highest BCUT2D eigenvalue weighted by Crippen LogP contribution is 2.04. The highest BCUT2D eigenvalue weighted by Gasteiger charge is 2.06. The first-order valence-electron chi connectivity index (χ1n) is 3.67. The molecular weight excluding hydrogens is 178 g/mol. The van der Waals surface area contributed by atoms with Gasteiger partial charge in [-0.15, -0.1) is 11.6 Å². The number of ether oxygens (including phenoxy) is 1. The normalized spacial score (nSPS) is 12.7. The maximum Gasteiger partial charge on any atom is 0.330 e. The zero-order valence-electron chi connectivity index (χ0n) is 7.42. The molecule has 0 aliphatic rings. The largest absolute Gasteiger partial charge is 0.462 e. The monoisotopic (exact) mass is 191 g/mol. The third-order valence-corrected chi connectivity index (χ3v) is 1.94. The van der Waals surface area contributed by atoms with Crippen LogP contribution in [0.25, 0.3) is 0 Å². The van der Waals surface area contributed by atoms with Crippen LogP contribution in [-0.4, -0.2) is 37.1 Å². The van der Waals surface area contributed by atoms with Gasteiger partial charge in [-0.05, 0) is 14.1 Å². The summed E-state index contributed by atoms with van der Waals surface area (Å²) in [6, 6.07) is 0. The number of esters is 1. The van der Waals surface area contributed by atoms with Gasteiger partial charge < -0.3 is 4.74 Å². The van der Waals surface area contributed by atoms with Crippen LogP contribution in [0.15, 0.2) is 12.7 Å². The fourth-order valence-corrected chi connectivity index (χ4v) is 0.663. The third kappa shape index (κ3) is 5.16. The Labute approximate surface area is 77.9 Å². The van der Waals surface area contributed by atoms with E-state index in [-0.39, 0.29) is 5.50 Å². The molecule has 12 heavy (non-hydrogen) atoms. The Morgan fingerprint density at radius 2 is 2.33 bits per heavy atom. The number of rotatable bonds is 5. The molecule has 0 aromatic carbocycles. The SMILES string of the molecule is C=CC(=O)OCCC(Cl)N(C)C. The molecule has 4 heteroatoms. The lowest BCUT2D eigenvalue weighted by atomic mass is 10.4. The first-order valence-corrected chi connectivity index (χ1v) is 4.11. The molecular formula is C8H14ClNO2. The number of hydrogen-bond donors (Lipinski definition) is 0. The van der Waals surface area contributed by atoms with E-state index in [0.29, 0.717) is 13.0 Å². The predicted molar refractivity (Wildman–Crippen MR) is 49.1 cm³/mol. The van der Waals surface area contributed by atoms with Gasteiger partial charge in [-0.2, -0.15) is 0 Å². The van der Waals surface area contributed by atoms with Crippen LogP contribution < -0.4 is 0 Å². The van der Waals surface area contributed by atoms with E-state index in [0.717, 1.165) is 6.08 Å². The van der Waals surface area contributed by atoms with Crippen LogP contribution in [0.2, 0.25) is 0 Å². The Kier molecular flexibility index (Phi) is 5.76. The molecule has 0 fully saturated rings. The molecule has 0 saturated carbocycles. The second kappa shape index (κ2) is 6.03. The van der Waals surface area contributed by atoms with Crippen molar-refractivity contribution in [1.29, 1.82) is 0 Å². The summed E-state index contributed by atoms with van der Waals surface area (Å²) in [5, 5.41) is 0. The molecule has 0 aliphatic carbocycles. The average Bonchev–Trinajstić information content (AvgIpc) is 2.03. The van der Waals surface area contributed by atoms with Gasteiger partial charge in [0.15, 0.2) is 0 Å². The van der Waals surface area contributed by atoms with Crippen molar-refractivity contribution >= 4 is 17.6 Å². The lowest BCUT2D eigenvalue weighted by molar-refractivity contribution is -0.137. The number of nitrogens with zero attached hydrogens (tertiary/aromatic N) is 1. The summed E-state index contributed by atoms with van der Waals surface area (Å²) < 4.78 is 4.74. The summed E-state index contributed by atoms with van der Waals surface area (Å²) in [6.45, 7) is 3.61. The quantitative estimate of drug-likeness (QED) is 0.283. The molecule has 0 aromatic rings. The molecule has 0 radical (unpaired) electrons. The van der Waals surface area contributed by atoms with Crippen molar-refractivity contribution in [3.05, 3.63) is 12.7 Å². The highest BCUT2D eigenvalue weighted by atomic mass is 35.5. The lowest BCUT2D eigenvalue weighted by Crippen LogP contribution is -2.24. The van der Waals surface area contributed by atoms with Gasteiger partial charge in [-0.1, -0.05) is 6.58 Å². The second-order valence-electron chi connectivity index (χ2n) is 2.56. The molecule has 3 nitrogen and oxygen atoms in total. The van der Waals surface area contributed by atoms with Crippen LogP contribution in [-0.2, 0) is 9.53 Å². The van der Waals surface area contributed by atoms with E-state index in [1.807, 2.05) is 19.0 Å². The van der Waals surface area contributed by atoms with Crippen molar-refractivity contribution in [2.75, 3.05) is 20.7 Å². The second-order valence-corrected chi connectivity index (χ2v) is 3.06. The Hall–Kier alpha value is -0.540. The molecule has 70 valence electrons. The predicted octanol–water partition coefficient (Wildman–Crippen LogP) is 1.23. The summed E-state index contributed by atoms with van der Waals surface area (Å²) in [5.74, 6) is -0.405. The van der Waals surface area contributed by atoms with Crippen molar-refractivity contribution in [3.63, 3.8) is 0 Å². The minimum absolute atomic E-state index is 0.0948. The topological polar surface area (TPSA) is 29.5 Å². The summed E-state index contributed by atoms with van der Waals surface area (Å²) in [6.07, 6.45) is 1.76. The first kappa shape index (κ1) is 11.5. The maximum atomic E-state index is 10.6. The van der Waals surface area contributed by atoms with E-state index in [9.17, 15) is 4.79 Å². The van der Waals surface area contributed by atoms with E-state index in [1.54, 1.807) is 0 Å². The smallest absolute Gasteiger partial charge is 0.330 e. The van der Waals surface area contributed by atoms with Crippen LogP contribution in [0.1, 0.15) is 6.42 Å². The van der Waals surface area contributed by atoms with Gasteiger partial charge in [0.25, 0.3) is 0 Å². The molecule has 0 spiro atoms. The average molecular weight is 192 g/mol. The minimum atomic E-state index is -0.405. The van der Waals surface area contributed by atoms with Crippen LogP contribution in [0, 0.1) is 0 Å². The van der Waals surface area contributed by atoms with Gasteiger partial charge in [0.2, 0.25) is 0 Å². The van der Waals surface area contributed by atoms with E-state index < -0.39 is 5.97 Å². The number of carbonyl (C=O) groups excluding carboxylic acids is 1. The van der Waals surface area contributed by atoms with Crippen LogP contribution >= 0.6 is 11.6 Å². The van der Waals surface area contributed by atoms with Crippen LogP contribution in [0.4, 0.5) is 0 Å². The van der Waals surface area contributed by atoms with Crippen LogP contribution in [0.5, 0.6) is 0 Å². The van der Waals surface area contributed by atoms with Crippen LogP contribution in [0.3, 0.4) is 0 Å². The molecule has 0 amide bonds. The van der Waals surface area contributed by atoms with Gasteiger partial charge in [0.1, 0.15) is 0 Å². The van der Waals surface area contributed by atoms with E-state index in [2.05, 4.69) is 6.58 Å². The molecule has 0 N–H and O–H groups in total. The van der Waals surface area contributed by atoms with Crippen molar-refractivity contribution in [1.82, 2.24) is 4.90 Å². The summed E-state index contributed by atoms with van der Waals surface area (Å²) in [5.41, 5.74) is -0.0948. The van der Waals surface area contributed by atoms with E-state index in [4.69, 9.17) is 16.3 Å². The molecule has 0 saturated heterocycles. The number of carbonyl (C=O) groups is 1. The third-order valence-electron chi connectivity index (χ3n) is 1.33. The summed E-state index contributed by atoms with van der Waals surface area (Å²) >= 11 is 5.85. The Balaban J connectivity index is 3.43. The standard InChI is InChI=1S/C8H14ClNO2/c1-4-8(11)12-6-5-7(9)10(2)3/h4,7H,1,5-6H2,2-3H3.